The van der Waals surface area contributed by atoms with Gasteiger partial charge in [0.1, 0.15) is 0 Å². The zero-order valence-electron chi connectivity index (χ0n) is 16.7. The lowest BCUT2D eigenvalue weighted by molar-refractivity contribution is -0.136. The lowest BCUT2D eigenvalue weighted by Gasteiger charge is -2.42. The van der Waals surface area contributed by atoms with Gasteiger partial charge in [-0.15, -0.1) is 0 Å². The third kappa shape index (κ3) is 3.97. The number of carbonyl (C=O) groups excluding carboxylic acids is 1. The largest absolute Gasteiger partial charge is 0.342 e. The summed E-state index contributed by atoms with van der Waals surface area (Å²) in [5.41, 5.74) is 0. The minimum absolute atomic E-state index is 0.113. The number of imidazole rings is 1. The first-order chi connectivity index (χ1) is 13.4. The zero-order valence-corrected chi connectivity index (χ0v) is 17.5. The first kappa shape index (κ1) is 19.8. The van der Waals surface area contributed by atoms with E-state index in [1.807, 2.05) is 4.90 Å². The zero-order chi connectivity index (χ0) is 19.7. The van der Waals surface area contributed by atoms with Crippen LogP contribution in [0.1, 0.15) is 38.5 Å². The van der Waals surface area contributed by atoms with Crippen LogP contribution in [-0.2, 0) is 21.9 Å². The van der Waals surface area contributed by atoms with Crippen LogP contribution in [-0.4, -0.2) is 83.3 Å². The molecule has 3 aliphatic rings. The third-order valence-corrected chi connectivity index (χ3v) is 8.23. The topological polar surface area (TPSA) is 78.8 Å². The van der Waals surface area contributed by atoms with Crippen molar-refractivity contribution in [2.24, 2.45) is 13.0 Å². The van der Waals surface area contributed by atoms with Gasteiger partial charge in [0.25, 0.3) is 10.0 Å². The highest BCUT2D eigenvalue weighted by Crippen LogP contribution is 2.27. The molecule has 0 radical (unpaired) electrons. The molecule has 1 aromatic rings. The van der Waals surface area contributed by atoms with Crippen LogP contribution in [0.3, 0.4) is 0 Å². The van der Waals surface area contributed by atoms with Crippen molar-refractivity contribution in [1.82, 2.24) is 23.7 Å². The van der Waals surface area contributed by atoms with Crippen LogP contribution in [0.15, 0.2) is 17.6 Å². The number of nitrogens with zero attached hydrogens (tertiary/aromatic N) is 5. The van der Waals surface area contributed by atoms with E-state index in [2.05, 4.69) is 9.88 Å². The second kappa shape index (κ2) is 8.12. The Morgan fingerprint density at radius 3 is 2.39 bits per heavy atom. The minimum atomic E-state index is -3.51. The summed E-state index contributed by atoms with van der Waals surface area (Å²) < 4.78 is 28.7. The fourth-order valence-electron chi connectivity index (χ4n) is 4.84. The van der Waals surface area contributed by atoms with Crippen LogP contribution >= 0.6 is 0 Å². The van der Waals surface area contributed by atoms with Crippen LogP contribution in [0.5, 0.6) is 0 Å². The maximum absolute atomic E-state index is 12.8. The molecule has 0 aromatic carbocycles. The number of carbonyl (C=O) groups is 1. The van der Waals surface area contributed by atoms with E-state index in [-0.39, 0.29) is 10.9 Å². The number of rotatable bonds is 4. The number of piperidine rings is 2. The first-order valence-corrected chi connectivity index (χ1v) is 11.9. The molecule has 3 fully saturated rings. The van der Waals surface area contributed by atoms with E-state index in [0.29, 0.717) is 25.0 Å². The molecule has 3 aliphatic heterocycles. The van der Waals surface area contributed by atoms with E-state index in [1.54, 1.807) is 22.1 Å². The second-order valence-corrected chi connectivity index (χ2v) is 10.3. The van der Waals surface area contributed by atoms with Gasteiger partial charge in [-0.3, -0.25) is 9.69 Å². The van der Waals surface area contributed by atoms with Crippen molar-refractivity contribution in [2.45, 2.75) is 49.6 Å². The van der Waals surface area contributed by atoms with Crippen LogP contribution in [0.4, 0.5) is 0 Å². The molecule has 4 rings (SSSR count). The monoisotopic (exact) mass is 409 g/mol. The summed E-state index contributed by atoms with van der Waals surface area (Å²) in [6.45, 7) is 4.71. The quantitative estimate of drug-likeness (QED) is 0.739. The average molecular weight is 410 g/mol. The molecule has 8 nitrogen and oxygen atoms in total. The molecule has 3 saturated heterocycles. The molecule has 1 amide bonds. The third-order valence-electron chi connectivity index (χ3n) is 6.45. The van der Waals surface area contributed by atoms with E-state index >= 15 is 0 Å². The number of amides is 1. The predicted molar refractivity (Wildman–Crippen MR) is 105 cm³/mol. The van der Waals surface area contributed by atoms with E-state index in [0.717, 1.165) is 64.7 Å². The van der Waals surface area contributed by atoms with Crippen molar-refractivity contribution in [3.05, 3.63) is 12.5 Å². The van der Waals surface area contributed by atoms with Gasteiger partial charge in [-0.2, -0.15) is 4.31 Å². The summed E-state index contributed by atoms with van der Waals surface area (Å²) in [6.07, 6.45) is 9.01. The van der Waals surface area contributed by atoms with Gasteiger partial charge in [0, 0.05) is 52.0 Å². The fraction of sp³-hybridized carbons (Fsp3) is 0.789. The Hall–Kier alpha value is -1.45. The van der Waals surface area contributed by atoms with Gasteiger partial charge in [-0.05, 0) is 45.1 Å². The number of hydrogen-bond acceptors (Lipinski definition) is 5. The van der Waals surface area contributed by atoms with Crippen molar-refractivity contribution < 1.29 is 13.2 Å². The Balaban J connectivity index is 1.33. The molecule has 0 N–H and O–H groups in total. The molecule has 1 atom stereocenters. The SMILES string of the molecule is Cn1cnc(S(=O)(=O)N2CCC(N3CCC[C@@H](C(=O)N4CCCC4)C3)CC2)c1. The number of aryl methyl sites for hydroxylation is 1. The standard InChI is InChI=1S/C19H31N5O3S/c1-21-14-18(20-15-21)28(26,27)24-11-6-17(7-12-24)23-10-4-5-16(13-23)19(25)22-8-2-3-9-22/h14-17H,2-13H2,1H3/t16-/m1/s1. The molecule has 156 valence electrons. The van der Waals surface area contributed by atoms with Gasteiger partial charge in [0.2, 0.25) is 5.91 Å². The normalized spacial score (nSPS) is 26.0. The predicted octanol–water partition coefficient (Wildman–Crippen LogP) is 0.908. The summed E-state index contributed by atoms with van der Waals surface area (Å²) in [5.74, 6) is 0.444. The first-order valence-electron chi connectivity index (χ1n) is 10.5. The van der Waals surface area contributed by atoms with E-state index < -0.39 is 10.0 Å². The van der Waals surface area contributed by atoms with Crippen molar-refractivity contribution in [3.8, 4) is 0 Å². The van der Waals surface area contributed by atoms with Gasteiger partial charge >= 0.3 is 0 Å². The van der Waals surface area contributed by atoms with Gasteiger partial charge in [-0.25, -0.2) is 13.4 Å². The Kier molecular flexibility index (Phi) is 5.76. The van der Waals surface area contributed by atoms with Gasteiger partial charge in [0.15, 0.2) is 5.03 Å². The van der Waals surface area contributed by atoms with Crippen LogP contribution in [0.2, 0.25) is 0 Å². The minimum Gasteiger partial charge on any atom is -0.342 e. The van der Waals surface area contributed by atoms with Crippen LogP contribution in [0, 0.1) is 5.92 Å². The van der Waals surface area contributed by atoms with E-state index in [1.165, 1.54) is 6.33 Å². The molecule has 1 aromatic heterocycles. The highest BCUT2D eigenvalue weighted by molar-refractivity contribution is 7.89. The summed E-state index contributed by atoms with van der Waals surface area (Å²) in [6, 6.07) is 0.365. The average Bonchev–Trinajstić information content (AvgIpc) is 3.40. The van der Waals surface area contributed by atoms with Crippen LogP contribution in [0.25, 0.3) is 0 Å². The maximum Gasteiger partial charge on any atom is 0.262 e. The van der Waals surface area contributed by atoms with Crippen molar-refractivity contribution in [1.29, 1.82) is 0 Å². The molecule has 28 heavy (non-hydrogen) atoms. The molecule has 0 unspecified atom stereocenters. The molecule has 0 saturated carbocycles. The smallest absolute Gasteiger partial charge is 0.262 e. The Bertz CT molecular complexity index is 794. The summed E-state index contributed by atoms with van der Waals surface area (Å²) in [4.78, 5) is 21.3. The fourth-order valence-corrected chi connectivity index (χ4v) is 6.27. The Morgan fingerprint density at radius 1 is 1.04 bits per heavy atom. The highest BCUT2D eigenvalue weighted by atomic mass is 32.2. The maximum atomic E-state index is 12.8. The lowest BCUT2D eigenvalue weighted by Crippen LogP contribution is -2.51. The van der Waals surface area contributed by atoms with Gasteiger partial charge < -0.3 is 9.47 Å². The number of aromatic nitrogens is 2. The molecule has 4 heterocycles. The van der Waals surface area contributed by atoms with Crippen molar-refractivity contribution >= 4 is 15.9 Å². The molecular weight excluding hydrogens is 378 g/mol. The van der Waals surface area contributed by atoms with Crippen LogP contribution < -0.4 is 0 Å². The summed E-state index contributed by atoms with van der Waals surface area (Å²) >= 11 is 0. The summed E-state index contributed by atoms with van der Waals surface area (Å²) in [5, 5.41) is 0.127. The molecule has 0 bridgehead atoms. The number of likely N-dealkylation sites (tertiary alicyclic amines) is 2. The lowest BCUT2D eigenvalue weighted by atomic mass is 9.93. The van der Waals surface area contributed by atoms with Crippen molar-refractivity contribution in [2.75, 3.05) is 39.3 Å². The Labute approximate surface area is 167 Å². The molecule has 0 spiro atoms. The van der Waals surface area contributed by atoms with Gasteiger partial charge in [-0.1, -0.05) is 0 Å². The van der Waals surface area contributed by atoms with E-state index in [9.17, 15) is 13.2 Å². The van der Waals surface area contributed by atoms with Gasteiger partial charge in [0.05, 0.1) is 12.2 Å². The summed E-state index contributed by atoms with van der Waals surface area (Å²) in [7, 11) is -1.74. The Morgan fingerprint density at radius 2 is 1.75 bits per heavy atom. The number of sulfonamides is 1. The highest BCUT2D eigenvalue weighted by Gasteiger charge is 2.36. The van der Waals surface area contributed by atoms with Crippen molar-refractivity contribution in [3.63, 3.8) is 0 Å². The van der Waals surface area contributed by atoms with E-state index in [4.69, 9.17) is 0 Å². The second-order valence-electron chi connectivity index (χ2n) is 8.38. The molecular formula is C19H31N5O3S. The molecule has 0 aliphatic carbocycles. The molecule has 9 heteroatoms. The number of hydrogen-bond donors (Lipinski definition) is 0.